The van der Waals surface area contributed by atoms with Crippen molar-refractivity contribution in [2.45, 2.75) is 0 Å². The van der Waals surface area contributed by atoms with Crippen LogP contribution in [0.2, 0.25) is 0 Å². The van der Waals surface area contributed by atoms with Crippen molar-refractivity contribution < 1.29 is 13.2 Å². The van der Waals surface area contributed by atoms with Crippen molar-refractivity contribution >= 4 is 27.2 Å². The average molecular weight is 357 g/mol. The second-order valence-electron chi connectivity index (χ2n) is 5.95. The second kappa shape index (κ2) is 6.98. The van der Waals surface area contributed by atoms with Crippen LogP contribution < -0.4 is 16.4 Å². The number of carbonyl (C=O) groups is 1. The van der Waals surface area contributed by atoms with E-state index in [2.05, 4.69) is 10.6 Å². The van der Waals surface area contributed by atoms with Gasteiger partial charge in [0, 0.05) is 29.2 Å². The predicted octanol–water partition coefficient (Wildman–Crippen LogP) is 2.62. The van der Waals surface area contributed by atoms with Gasteiger partial charge in [-0.1, -0.05) is 30.3 Å². The highest BCUT2D eigenvalue weighted by molar-refractivity contribution is 7.94. The van der Waals surface area contributed by atoms with E-state index in [1.807, 2.05) is 48.5 Å². The minimum Gasteiger partial charge on any atom is -0.399 e. The van der Waals surface area contributed by atoms with Crippen LogP contribution >= 0.6 is 0 Å². The number of hydrogen-bond donors (Lipinski definition) is 3. The molecule has 0 aromatic heterocycles. The fourth-order valence-corrected chi connectivity index (χ4v) is 3.99. The van der Waals surface area contributed by atoms with Crippen LogP contribution in [-0.4, -0.2) is 26.7 Å². The summed E-state index contributed by atoms with van der Waals surface area (Å²) in [6.07, 6.45) is 1.61. The first-order valence-corrected chi connectivity index (χ1v) is 9.55. The van der Waals surface area contributed by atoms with Crippen LogP contribution in [-0.2, 0) is 9.84 Å². The van der Waals surface area contributed by atoms with Gasteiger partial charge in [0.2, 0.25) is 0 Å². The van der Waals surface area contributed by atoms with Crippen molar-refractivity contribution in [3.8, 4) is 11.1 Å². The lowest BCUT2D eigenvalue weighted by Gasteiger charge is -2.11. The van der Waals surface area contributed by atoms with E-state index >= 15 is 0 Å². The zero-order valence-electron chi connectivity index (χ0n) is 13.5. The maximum Gasteiger partial charge on any atom is 0.319 e. The summed E-state index contributed by atoms with van der Waals surface area (Å²) in [6, 6.07) is 14.6. The second-order valence-corrected chi connectivity index (χ2v) is 7.88. The molecule has 3 rings (SSSR count). The number of hydrogen-bond acceptors (Lipinski definition) is 4. The number of urea groups is 1. The molecule has 1 atom stereocenters. The van der Waals surface area contributed by atoms with Crippen LogP contribution in [0.25, 0.3) is 11.1 Å². The van der Waals surface area contributed by atoms with E-state index in [1.165, 1.54) is 5.41 Å². The van der Waals surface area contributed by atoms with Gasteiger partial charge in [-0.3, -0.25) is 0 Å². The quantitative estimate of drug-likeness (QED) is 0.732. The Kier molecular flexibility index (Phi) is 4.76. The third kappa shape index (κ3) is 4.60. The Morgan fingerprint density at radius 2 is 1.64 bits per heavy atom. The SMILES string of the molecule is Nc1ccc(-c2ccc(NC(=O)NC[C@H]3C=CS(=O)(=O)C3)cc2)cc1. The first-order valence-electron chi connectivity index (χ1n) is 7.83. The minimum atomic E-state index is -3.10. The maximum atomic E-state index is 11.9. The van der Waals surface area contributed by atoms with E-state index in [-0.39, 0.29) is 24.2 Å². The molecule has 2 amide bonds. The third-order valence-corrected chi connectivity index (χ3v) is 5.38. The van der Waals surface area contributed by atoms with Crippen LogP contribution in [0.15, 0.2) is 60.0 Å². The molecule has 2 aromatic carbocycles. The van der Waals surface area contributed by atoms with Gasteiger partial charge in [-0.15, -0.1) is 0 Å². The normalized spacial score (nSPS) is 18.0. The molecule has 1 aliphatic heterocycles. The van der Waals surface area contributed by atoms with Gasteiger partial charge in [-0.05, 0) is 35.4 Å². The molecule has 1 aliphatic rings. The van der Waals surface area contributed by atoms with Crippen molar-refractivity contribution in [1.82, 2.24) is 5.32 Å². The fourth-order valence-electron chi connectivity index (χ4n) is 2.59. The lowest BCUT2D eigenvalue weighted by Crippen LogP contribution is -2.33. The van der Waals surface area contributed by atoms with Crippen molar-refractivity contribution in [2.75, 3.05) is 23.3 Å². The van der Waals surface area contributed by atoms with Crippen LogP contribution in [0.5, 0.6) is 0 Å². The van der Waals surface area contributed by atoms with E-state index < -0.39 is 9.84 Å². The van der Waals surface area contributed by atoms with Gasteiger partial charge in [-0.2, -0.15) is 0 Å². The predicted molar refractivity (Wildman–Crippen MR) is 99.7 cm³/mol. The van der Waals surface area contributed by atoms with Gasteiger partial charge >= 0.3 is 6.03 Å². The van der Waals surface area contributed by atoms with E-state index in [9.17, 15) is 13.2 Å². The van der Waals surface area contributed by atoms with Crippen LogP contribution in [0, 0.1) is 5.92 Å². The lowest BCUT2D eigenvalue weighted by molar-refractivity contribution is 0.251. The van der Waals surface area contributed by atoms with Gasteiger partial charge in [0.1, 0.15) is 0 Å². The highest BCUT2D eigenvalue weighted by Gasteiger charge is 2.21. The topological polar surface area (TPSA) is 101 Å². The van der Waals surface area contributed by atoms with E-state index in [0.29, 0.717) is 11.4 Å². The van der Waals surface area contributed by atoms with E-state index in [1.54, 1.807) is 6.08 Å². The molecule has 0 spiro atoms. The van der Waals surface area contributed by atoms with Gasteiger partial charge in [0.25, 0.3) is 0 Å². The number of amides is 2. The molecular formula is C18H19N3O3S. The van der Waals surface area contributed by atoms with E-state index in [0.717, 1.165) is 11.1 Å². The third-order valence-electron chi connectivity index (χ3n) is 3.92. The molecule has 0 unspecified atom stereocenters. The number of nitrogens with one attached hydrogen (secondary N) is 2. The molecule has 0 radical (unpaired) electrons. The van der Waals surface area contributed by atoms with Crippen LogP contribution in [0.3, 0.4) is 0 Å². The Bertz CT molecular complexity index is 888. The standard InChI is InChI=1S/C18H19N3O3S/c19-16-5-1-14(2-6-16)15-3-7-17(8-4-15)21-18(22)20-11-13-9-10-25(23,24)12-13/h1-10,13H,11-12,19H2,(H2,20,21,22)/t13-/m1/s1. The highest BCUT2D eigenvalue weighted by atomic mass is 32.2. The number of anilines is 2. The first kappa shape index (κ1) is 17.0. The summed E-state index contributed by atoms with van der Waals surface area (Å²) < 4.78 is 22.6. The Balaban J connectivity index is 1.53. The lowest BCUT2D eigenvalue weighted by atomic mass is 10.1. The van der Waals surface area contributed by atoms with Gasteiger partial charge in [0.05, 0.1) is 5.75 Å². The molecular weight excluding hydrogens is 338 g/mol. The van der Waals surface area contributed by atoms with Crippen molar-refractivity contribution in [3.05, 3.63) is 60.0 Å². The summed E-state index contributed by atoms with van der Waals surface area (Å²) in [5.74, 6) is -0.132. The molecule has 1 heterocycles. The molecule has 0 fully saturated rings. The number of sulfone groups is 1. The Morgan fingerprint density at radius 1 is 1.04 bits per heavy atom. The summed E-state index contributed by atoms with van der Waals surface area (Å²) in [6.45, 7) is 0.283. The van der Waals surface area contributed by atoms with Gasteiger partial charge in [-0.25, -0.2) is 13.2 Å². The molecule has 0 bridgehead atoms. The van der Waals surface area contributed by atoms with Crippen molar-refractivity contribution in [2.24, 2.45) is 5.92 Å². The van der Waals surface area contributed by atoms with Gasteiger partial charge < -0.3 is 16.4 Å². The number of benzene rings is 2. The largest absolute Gasteiger partial charge is 0.399 e. The molecule has 25 heavy (non-hydrogen) atoms. The number of nitrogens with two attached hydrogens (primary N) is 1. The van der Waals surface area contributed by atoms with Gasteiger partial charge in [0.15, 0.2) is 9.84 Å². The number of carbonyl (C=O) groups excluding carboxylic acids is 1. The number of rotatable bonds is 4. The summed E-state index contributed by atoms with van der Waals surface area (Å²) >= 11 is 0. The summed E-state index contributed by atoms with van der Waals surface area (Å²) in [4.78, 5) is 11.9. The summed E-state index contributed by atoms with van der Waals surface area (Å²) in [7, 11) is -3.10. The maximum absolute atomic E-state index is 11.9. The molecule has 0 saturated heterocycles. The molecule has 4 N–H and O–H groups in total. The fraction of sp³-hybridized carbons (Fsp3) is 0.167. The molecule has 6 nitrogen and oxygen atoms in total. The molecule has 0 aliphatic carbocycles. The summed E-state index contributed by atoms with van der Waals surface area (Å²) in [5, 5.41) is 6.62. The molecule has 2 aromatic rings. The Labute approximate surface area is 146 Å². The first-order chi connectivity index (χ1) is 11.9. The van der Waals surface area contributed by atoms with E-state index in [4.69, 9.17) is 5.73 Å². The Hall–Kier alpha value is -2.80. The van der Waals surface area contributed by atoms with Crippen LogP contribution in [0.1, 0.15) is 0 Å². The number of nitrogen functional groups attached to an aromatic ring is 1. The molecule has 7 heteroatoms. The summed E-state index contributed by atoms with van der Waals surface area (Å²) in [5.41, 5.74) is 9.11. The van der Waals surface area contributed by atoms with Crippen molar-refractivity contribution in [1.29, 1.82) is 0 Å². The minimum absolute atomic E-state index is 0.0452. The highest BCUT2D eigenvalue weighted by Crippen LogP contribution is 2.22. The average Bonchev–Trinajstić information content (AvgIpc) is 2.94. The smallest absolute Gasteiger partial charge is 0.319 e. The monoisotopic (exact) mass is 357 g/mol. The van der Waals surface area contributed by atoms with Crippen molar-refractivity contribution in [3.63, 3.8) is 0 Å². The zero-order chi connectivity index (χ0) is 17.9. The molecule has 0 saturated carbocycles. The van der Waals surface area contributed by atoms with Crippen LogP contribution in [0.4, 0.5) is 16.2 Å². The molecule has 130 valence electrons. The Morgan fingerprint density at radius 3 is 2.20 bits per heavy atom. The zero-order valence-corrected chi connectivity index (χ0v) is 14.3.